The zero-order valence-corrected chi connectivity index (χ0v) is 16.3. The Hall–Kier alpha value is -3.27. The third-order valence-electron chi connectivity index (χ3n) is 3.72. The van der Waals surface area contributed by atoms with E-state index in [-0.39, 0.29) is 17.8 Å². The Bertz CT molecular complexity index is 1040. The van der Waals surface area contributed by atoms with E-state index in [1.54, 1.807) is 12.1 Å². The lowest BCUT2D eigenvalue weighted by Crippen LogP contribution is -2.38. The van der Waals surface area contributed by atoms with E-state index in [1.165, 1.54) is 18.2 Å². The molecule has 2 rings (SSSR count). The summed E-state index contributed by atoms with van der Waals surface area (Å²) in [7, 11) is -4.06. The van der Waals surface area contributed by atoms with Gasteiger partial charge in [0, 0.05) is 12.6 Å². The van der Waals surface area contributed by atoms with Gasteiger partial charge in [-0.2, -0.15) is 0 Å². The molecule has 0 fully saturated rings. The normalized spacial score (nSPS) is 10.9. The van der Waals surface area contributed by atoms with E-state index in [1.807, 2.05) is 0 Å². The molecule has 2 aromatic carbocycles. The van der Waals surface area contributed by atoms with Crippen molar-refractivity contribution < 1.29 is 26.8 Å². The summed E-state index contributed by atoms with van der Waals surface area (Å²) in [5.74, 6) is -3.30. The second-order valence-electron chi connectivity index (χ2n) is 5.96. The summed E-state index contributed by atoms with van der Waals surface area (Å²) < 4.78 is 51.8. The molecule has 2 N–H and O–H groups in total. The highest BCUT2D eigenvalue weighted by molar-refractivity contribution is 7.92. The van der Waals surface area contributed by atoms with Crippen molar-refractivity contribution in [3.05, 3.63) is 72.3 Å². The van der Waals surface area contributed by atoms with Crippen molar-refractivity contribution >= 4 is 33.2 Å². The number of benzene rings is 2. The fraction of sp³-hybridized carbons (Fsp3) is 0.158. The Morgan fingerprint density at radius 3 is 2.48 bits per heavy atom. The van der Waals surface area contributed by atoms with Crippen molar-refractivity contribution in [3.63, 3.8) is 0 Å². The summed E-state index contributed by atoms with van der Waals surface area (Å²) in [5.41, 5.74) is -0.172. The molecule has 2 amide bonds. The van der Waals surface area contributed by atoms with E-state index in [4.69, 9.17) is 0 Å². The Labute approximate surface area is 167 Å². The van der Waals surface area contributed by atoms with Gasteiger partial charge in [0.25, 0.3) is 5.91 Å². The van der Waals surface area contributed by atoms with Crippen LogP contribution in [0.1, 0.15) is 10.4 Å². The van der Waals surface area contributed by atoms with Gasteiger partial charge in [-0.25, -0.2) is 17.2 Å². The number of rotatable bonds is 8. The van der Waals surface area contributed by atoms with Crippen molar-refractivity contribution in [2.24, 2.45) is 0 Å². The maximum absolute atomic E-state index is 14.1. The highest BCUT2D eigenvalue weighted by Gasteiger charge is 2.24. The van der Waals surface area contributed by atoms with Crippen molar-refractivity contribution in [2.45, 2.75) is 0 Å². The summed E-state index contributed by atoms with van der Waals surface area (Å²) in [4.78, 5) is 24.6. The summed E-state index contributed by atoms with van der Waals surface area (Å²) in [6, 6.07) is 8.43. The van der Waals surface area contributed by atoms with Gasteiger partial charge in [-0.1, -0.05) is 18.2 Å². The lowest BCUT2D eigenvalue weighted by molar-refractivity contribution is -0.114. The van der Waals surface area contributed by atoms with Crippen LogP contribution in [-0.4, -0.2) is 39.6 Å². The molecule has 0 saturated heterocycles. The van der Waals surface area contributed by atoms with Crippen LogP contribution in [0.4, 0.5) is 20.2 Å². The molecule has 7 nitrogen and oxygen atoms in total. The van der Waals surface area contributed by atoms with E-state index >= 15 is 0 Å². The molecule has 10 heteroatoms. The number of carbonyl (C=O) groups excluding carboxylic acids is 2. The van der Waals surface area contributed by atoms with E-state index in [9.17, 15) is 26.8 Å². The van der Waals surface area contributed by atoms with Crippen LogP contribution in [0.3, 0.4) is 0 Å². The minimum atomic E-state index is -4.06. The number of halogens is 2. The number of para-hydroxylation sites is 1. The molecule has 0 unspecified atom stereocenters. The van der Waals surface area contributed by atoms with Gasteiger partial charge in [-0.15, -0.1) is 6.58 Å². The van der Waals surface area contributed by atoms with Crippen LogP contribution in [0, 0.1) is 11.6 Å². The van der Waals surface area contributed by atoms with E-state index in [2.05, 4.69) is 17.2 Å². The molecular formula is C19H19F2N3O4S. The molecule has 0 aliphatic rings. The predicted molar refractivity (Wildman–Crippen MR) is 106 cm³/mol. The third-order valence-corrected chi connectivity index (χ3v) is 4.85. The van der Waals surface area contributed by atoms with Crippen LogP contribution >= 0.6 is 0 Å². The minimum Gasteiger partial charge on any atom is -0.349 e. The summed E-state index contributed by atoms with van der Waals surface area (Å²) >= 11 is 0. The fourth-order valence-corrected chi connectivity index (χ4v) is 3.29. The summed E-state index contributed by atoms with van der Waals surface area (Å²) in [6.45, 7) is 2.93. The van der Waals surface area contributed by atoms with Gasteiger partial charge < -0.3 is 10.6 Å². The molecule has 0 atom stereocenters. The fourth-order valence-electron chi connectivity index (χ4n) is 2.43. The number of nitrogens with one attached hydrogen (secondary N) is 2. The molecule has 0 aliphatic heterocycles. The van der Waals surface area contributed by atoms with Crippen LogP contribution in [-0.2, 0) is 14.8 Å². The van der Waals surface area contributed by atoms with Gasteiger partial charge in [0.05, 0.1) is 23.2 Å². The van der Waals surface area contributed by atoms with Gasteiger partial charge in [-0.05, 0) is 24.3 Å². The molecule has 0 bridgehead atoms. The zero-order valence-electron chi connectivity index (χ0n) is 15.5. The summed E-state index contributed by atoms with van der Waals surface area (Å²) in [6.07, 6.45) is 2.28. The number of anilines is 2. The first-order valence-corrected chi connectivity index (χ1v) is 10.2. The molecule has 0 saturated carbocycles. The lowest BCUT2D eigenvalue weighted by atomic mass is 10.1. The molecule has 2 aromatic rings. The monoisotopic (exact) mass is 423 g/mol. The Balaban J connectivity index is 2.26. The number of carbonyl (C=O) groups is 2. The van der Waals surface area contributed by atoms with Crippen LogP contribution in [0.5, 0.6) is 0 Å². The van der Waals surface area contributed by atoms with Crippen LogP contribution in [0.15, 0.2) is 55.1 Å². The molecule has 154 valence electrons. The first-order valence-electron chi connectivity index (χ1n) is 8.34. The molecule has 0 spiro atoms. The van der Waals surface area contributed by atoms with Gasteiger partial charge in [0.2, 0.25) is 15.9 Å². The first kappa shape index (κ1) is 22.0. The molecule has 0 aliphatic carbocycles. The van der Waals surface area contributed by atoms with Gasteiger partial charge in [0.15, 0.2) is 0 Å². The summed E-state index contributed by atoms with van der Waals surface area (Å²) in [5, 5.41) is 5.01. The molecular weight excluding hydrogens is 404 g/mol. The Morgan fingerprint density at radius 1 is 1.17 bits per heavy atom. The average Bonchev–Trinajstić information content (AvgIpc) is 2.64. The number of sulfonamides is 1. The number of hydrogen-bond acceptors (Lipinski definition) is 4. The van der Waals surface area contributed by atoms with E-state index in [0.29, 0.717) is 10.4 Å². The predicted octanol–water partition coefficient (Wildman–Crippen LogP) is 2.29. The van der Waals surface area contributed by atoms with Gasteiger partial charge in [-0.3, -0.25) is 13.9 Å². The molecule has 0 radical (unpaired) electrons. The average molecular weight is 423 g/mol. The third kappa shape index (κ3) is 5.85. The highest BCUT2D eigenvalue weighted by atomic mass is 32.2. The SMILES string of the molecule is C=CCNC(=O)c1ccccc1NC(=O)CN(c1ccc(F)cc1F)S(C)(=O)=O. The maximum atomic E-state index is 14.1. The zero-order chi connectivity index (χ0) is 21.6. The second-order valence-corrected chi connectivity index (χ2v) is 7.86. The second kappa shape index (κ2) is 9.28. The quantitative estimate of drug-likeness (QED) is 0.637. The molecule has 29 heavy (non-hydrogen) atoms. The van der Waals surface area contributed by atoms with E-state index in [0.717, 1.165) is 18.4 Å². The molecule has 0 aromatic heterocycles. The van der Waals surface area contributed by atoms with Crippen LogP contribution < -0.4 is 14.9 Å². The van der Waals surface area contributed by atoms with E-state index < -0.39 is 45.7 Å². The lowest BCUT2D eigenvalue weighted by Gasteiger charge is -2.22. The number of amides is 2. The van der Waals surface area contributed by atoms with Gasteiger partial charge in [0.1, 0.15) is 18.2 Å². The van der Waals surface area contributed by atoms with Crippen LogP contribution in [0.25, 0.3) is 0 Å². The molecule has 0 heterocycles. The van der Waals surface area contributed by atoms with Crippen molar-refractivity contribution in [1.82, 2.24) is 5.32 Å². The van der Waals surface area contributed by atoms with Crippen molar-refractivity contribution in [1.29, 1.82) is 0 Å². The van der Waals surface area contributed by atoms with Gasteiger partial charge >= 0.3 is 0 Å². The Kier molecular flexibility index (Phi) is 7.05. The first-order chi connectivity index (χ1) is 13.6. The van der Waals surface area contributed by atoms with Crippen molar-refractivity contribution in [3.8, 4) is 0 Å². The van der Waals surface area contributed by atoms with Crippen LogP contribution in [0.2, 0.25) is 0 Å². The Morgan fingerprint density at radius 2 is 1.86 bits per heavy atom. The van der Waals surface area contributed by atoms with Crippen molar-refractivity contribution in [2.75, 3.05) is 29.0 Å². The standard InChI is InChI=1S/C19H19F2N3O4S/c1-3-10-22-19(26)14-6-4-5-7-16(14)23-18(25)12-24(29(2,27)28)17-9-8-13(20)11-15(17)21/h3-9,11H,1,10,12H2,2H3,(H,22,26)(H,23,25). The topological polar surface area (TPSA) is 95.6 Å². The smallest absolute Gasteiger partial charge is 0.253 e. The largest absolute Gasteiger partial charge is 0.349 e. The maximum Gasteiger partial charge on any atom is 0.253 e. The highest BCUT2D eigenvalue weighted by Crippen LogP contribution is 2.23. The minimum absolute atomic E-state index is 0.145. The number of nitrogens with zero attached hydrogens (tertiary/aromatic N) is 1. The number of hydrogen-bond donors (Lipinski definition) is 2.